The van der Waals surface area contributed by atoms with Crippen molar-refractivity contribution < 1.29 is 14.0 Å². The molecule has 2 amide bonds. The second-order valence-electron chi connectivity index (χ2n) is 8.66. The molecule has 35 heavy (non-hydrogen) atoms. The van der Waals surface area contributed by atoms with Gasteiger partial charge in [-0.05, 0) is 47.5 Å². The standard InChI is InChI=1S/C27H25ClFN3O2S/c28-22-11-5-19(6-12-22)17-32-25(33)18-35-27(32)21-9-7-20(8-10-21)26(34)31-15-13-30(14-16-31)24-4-2-1-3-23(24)29/h1-12,27H,13-18H2/t27-/m1/s1. The van der Waals surface area contributed by atoms with Crippen LogP contribution in [-0.4, -0.2) is 53.5 Å². The SMILES string of the molecule is O=C(c1ccc([C@H]2SCC(=O)N2Cc2ccc(Cl)cc2)cc1)N1CCN(c2ccccc2F)CC1. The summed E-state index contributed by atoms with van der Waals surface area (Å²) < 4.78 is 14.1. The summed E-state index contributed by atoms with van der Waals surface area (Å²) in [6.07, 6.45) is 0. The summed E-state index contributed by atoms with van der Waals surface area (Å²) >= 11 is 7.58. The lowest BCUT2D eigenvalue weighted by atomic mass is 10.1. The van der Waals surface area contributed by atoms with Gasteiger partial charge in [-0.2, -0.15) is 0 Å². The molecule has 8 heteroatoms. The Morgan fingerprint density at radius 1 is 0.943 bits per heavy atom. The first-order valence-electron chi connectivity index (χ1n) is 11.5. The van der Waals surface area contributed by atoms with E-state index in [1.807, 2.05) is 69.3 Å². The van der Waals surface area contributed by atoms with E-state index < -0.39 is 0 Å². The Bertz CT molecular complexity index is 1210. The molecule has 0 saturated carbocycles. The lowest BCUT2D eigenvalue weighted by molar-refractivity contribution is -0.128. The van der Waals surface area contributed by atoms with Gasteiger partial charge in [0.15, 0.2) is 0 Å². The number of hydrogen-bond donors (Lipinski definition) is 0. The van der Waals surface area contributed by atoms with Gasteiger partial charge >= 0.3 is 0 Å². The summed E-state index contributed by atoms with van der Waals surface area (Å²) in [5.74, 6) is 0.266. The smallest absolute Gasteiger partial charge is 0.253 e. The number of para-hydroxylation sites is 1. The number of hydrogen-bond acceptors (Lipinski definition) is 4. The third-order valence-corrected chi connectivity index (χ3v) is 7.95. The molecular formula is C27H25ClFN3O2S. The third-order valence-electron chi connectivity index (χ3n) is 6.44. The van der Waals surface area contributed by atoms with Gasteiger partial charge in [-0.3, -0.25) is 9.59 Å². The monoisotopic (exact) mass is 509 g/mol. The van der Waals surface area contributed by atoms with E-state index >= 15 is 0 Å². The van der Waals surface area contributed by atoms with Gasteiger partial charge in [-0.1, -0.05) is 48.0 Å². The van der Waals surface area contributed by atoms with Crippen molar-refractivity contribution in [1.82, 2.24) is 9.80 Å². The number of thioether (sulfide) groups is 1. The van der Waals surface area contributed by atoms with Crippen molar-refractivity contribution in [1.29, 1.82) is 0 Å². The maximum absolute atomic E-state index is 14.1. The number of piperazine rings is 1. The normalized spacial score (nSPS) is 18.3. The highest BCUT2D eigenvalue weighted by atomic mass is 35.5. The van der Waals surface area contributed by atoms with Gasteiger partial charge < -0.3 is 14.7 Å². The fourth-order valence-electron chi connectivity index (χ4n) is 4.52. The van der Waals surface area contributed by atoms with E-state index in [1.165, 1.54) is 6.07 Å². The third kappa shape index (κ3) is 5.16. The zero-order valence-electron chi connectivity index (χ0n) is 19.1. The molecule has 2 heterocycles. The zero-order chi connectivity index (χ0) is 24.4. The van der Waals surface area contributed by atoms with E-state index in [1.54, 1.807) is 23.9 Å². The largest absolute Gasteiger partial charge is 0.366 e. The summed E-state index contributed by atoms with van der Waals surface area (Å²) in [6, 6.07) is 21.8. The van der Waals surface area contributed by atoms with Crippen LogP contribution in [0.2, 0.25) is 5.02 Å². The van der Waals surface area contributed by atoms with Crippen LogP contribution in [0.15, 0.2) is 72.8 Å². The number of rotatable bonds is 5. The van der Waals surface area contributed by atoms with Gasteiger partial charge in [0.2, 0.25) is 5.91 Å². The Kier molecular flexibility index (Phi) is 6.97. The minimum Gasteiger partial charge on any atom is -0.366 e. The second-order valence-corrected chi connectivity index (χ2v) is 10.2. The van der Waals surface area contributed by atoms with Crippen LogP contribution in [0.1, 0.15) is 26.9 Å². The van der Waals surface area contributed by atoms with Crippen molar-refractivity contribution in [3.63, 3.8) is 0 Å². The summed E-state index contributed by atoms with van der Waals surface area (Å²) in [5, 5.41) is 0.577. The van der Waals surface area contributed by atoms with Gasteiger partial charge in [0, 0.05) is 43.3 Å². The maximum atomic E-state index is 14.1. The van der Waals surface area contributed by atoms with Crippen molar-refractivity contribution >= 4 is 40.9 Å². The molecule has 0 aliphatic carbocycles. The Morgan fingerprint density at radius 2 is 1.63 bits per heavy atom. The number of benzene rings is 3. The van der Waals surface area contributed by atoms with E-state index in [0.717, 1.165) is 11.1 Å². The molecule has 1 atom stereocenters. The first kappa shape index (κ1) is 23.7. The quantitative estimate of drug-likeness (QED) is 0.473. The van der Waals surface area contributed by atoms with Crippen LogP contribution < -0.4 is 4.90 Å². The summed E-state index contributed by atoms with van der Waals surface area (Å²) in [4.78, 5) is 31.3. The molecule has 0 unspecified atom stereocenters. The molecule has 2 aliphatic rings. The van der Waals surface area contributed by atoms with E-state index in [0.29, 0.717) is 54.8 Å². The molecule has 0 radical (unpaired) electrons. The van der Waals surface area contributed by atoms with Crippen LogP contribution in [0, 0.1) is 5.82 Å². The number of halogens is 2. The number of carbonyl (C=O) groups excluding carboxylic acids is 2. The van der Waals surface area contributed by atoms with Crippen LogP contribution in [0.4, 0.5) is 10.1 Å². The van der Waals surface area contributed by atoms with Crippen LogP contribution in [-0.2, 0) is 11.3 Å². The predicted molar refractivity (Wildman–Crippen MR) is 138 cm³/mol. The molecule has 5 nitrogen and oxygen atoms in total. The highest BCUT2D eigenvalue weighted by molar-refractivity contribution is 8.00. The molecule has 0 N–H and O–H groups in total. The summed E-state index contributed by atoms with van der Waals surface area (Å²) in [5.41, 5.74) is 3.22. The minimum absolute atomic E-state index is 0.0297. The first-order chi connectivity index (χ1) is 17.0. The lowest BCUT2D eigenvalue weighted by Gasteiger charge is -2.36. The molecule has 3 aromatic rings. The zero-order valence-corrected chi connectivity index (χ0v) is 20.6. The highest BCUT2D eigenvalue weighted by Crippen LogP contribution is 2.39. The molecule has 2 aliphatic heterocycles. The van der Waals surface area contributed by atoms with Gasteiger partial charge in [-0.15, -0.1) is 11.8 Å². The van der Waals surface area contributed by atoms with Crippen molar-refractivity contribution in [2.75, 3.05) is 36.8 Å². The van der Waals surface area contributed by atoms with Crippen molar-refractivity contribution in [3.8, 4) is 0 Å². The van der Waals surface area contributed by atoms with E-state index in [-0.39, 0.29) is 23.0 Å². The lowest BCUT2D eigenvalue weighted by Crippen LogP contribution is -2.49. The molecule has 2 saturated heterocycles. The number of amides is 2. The molecule has 0 bridgehead atoms. The van der Waals surface area contributed by atoms with Crippen LogP contribution >= 0.6 is 23.4 Å². The van der Waals surface area contributed by atoms with Crippen molar-refractivity contribution in [2.45, 2.75) is 11.9 Å². The average Bonchev–Trinajstić information content (AvgIpc) is 3.25. The van der Waals surface area contributed by atoms with Crippen molar-refractivity contribution in [2.24, 2.45) is 0 Å². The topological polar surface area (TPSA) is 43.9 Å². The molecule has 3 aromatic carbocycles. The number of anilines is 1. The maximum Gasteiger partial charge on any atom is 0.253 e. The van der Waals surface area contributed by atoms with Gasteiger partial charge in [0.05, 0.1) is 11.4 Å². The molecule has 180 valence electrons. The van der Waals surface area contributed by atoms with Crippen LogP contribution in [0.25, 0.3) is 0 Å². The first-order valence-corrected chi connectivity index (χ1v) is 13.0. The minimum atomic E-state index is -0.240. The predicted octanol–water partition coefficient (Wildman–Crippen LogP) is 5.22. The molecule has 5 rings (SSSR count). The average molecular weight is 510 g/mol. The summed E-state index contributed by atoms with van der Waals surface area (Å²) in [6.45, 7) is 2.77. The van der Waals surface area contributed by atoms with Crippen molar-refractivity contribution in [3.05, 3.63) is 100 Å². The Morgan fingerprint density at radius 3 is 2.31 bits per heavy atom. The Hall–Kier alpha value is -3.03. The van der Waals surface area contributed by atoms with E-state index in [4.69, 9.17) is 11.6 Å². The molecule has 0 aromatic heterocycles. The van der Waals surface area contributed by atoms with Gasteiger partial charge in [0.25, 0.3) is 5.91 Å². The second kappa shape index (κ2) is 10.3. The van der Waals surface area contributed by atoms with Gasteiger partial charge in [0.1, 0.15) is 11.2 Å². The van der Waals surface area contributed by atoms with E-state index in [2.05, 4.69) is 0 Å². The van der Waals surface area contributed by atoms with Crippen LogP contribution in [0.5, 0.6) is 0 Å². The number of nitrogens with zero attached hydrogens (tertiary/aromatic N) is 3. The summed E-state index contributed by atoms with van der Waals surface area (Å²) in [7, 11) is 0. The van der Waals surface area contributed by atoms with Crippen LogP contribution in [0.3, 0.4) is 0 Å². The Balaban J connectivity index is 1.23. The molecule has 0 spiro atoms. The fourth-order valence-corrected chi connectivity index (χ4v) is 5.83. The fraction of sp³-hybridized carbons (Fsp3) is 0.259. The van der Waals surface area contributed by atoms with E-state index in [9.17, 15) is 14.0 Å². The molecule has 2 fully saturated rings. The molecular weight excluding hydrogens is 485 g/mol. The highest BCUT2D eigenvalue weighted by Gasteiger charge is 2.33. The van der Waals surface area contributed by atoms with Gasteiger partial charge in [-0.25, -0.2) is 4.39 Å². The Labute approximate surface area is 213 Å². The number of carbonyl (C=O) groups is 2.